The molecule has 1 aromatic rings. The quantitative estimate of drug-likeness (QED) is 0.716. The third-order valence-corrected chi connectivity index (χ3v) is 3.11. The zero-order valence-electron chi connectivity index (χ0n) is 7.15. The summed E-state index contributed by atoms with van der Waals surface area (Å²) in [5.41, 5.74) is 4.14. The van der Waals surface area contributed by atoms with Crippen LogP contribution in [0.25, 0.3) is 0 Å². The lowest BCUT2D eigenvalue weighted by Gasteiger charge is -2.21. The van der Waals surface area contributed by atoms with Gasteiger partial charge in [-0.3, -0.25) is 0 Å². The van der Waals surface area contributed by atoms with Crippen LogP contribution in [0.5, 0.6) is 0 Å². The Morgan fingerprint density at radius 2 is 2.25 bits per heavy atom. The molecule has 1 nitrogen and oxygen atoms in total. The van der Waals surface area contributed by atoms with Crippen LogP contribution in [0.15, 0.2) is 16.6 Å². The molecule has 0 saturated heterocycles. The molecule has 1 heterocycles. The summed E-state index contributed by atoms with van der Waals surface area (Å²) < 4.78 is 1.25. The minimum absolute atomic E-state index is 1.12. The largest absolute Gasteiger partial charge is 0.385 e. The highest BCUT2D eigenvalue weighted by molar-refractivity contribution is 9.10. The van der Waals surface area contributed by atoms with Crippen LogP contribution in [0.2, 0.25) is 0 Å². The van der Waals surface area contributed by atoms with Gasteiger partial charge in [0.05, 0.1) is 0 Å². The summed E-state index contributed by atoms with van der Waals surface area (Å²) in [5.74, 6) is 0. The second-order valence-electron chi connectivity index (χ2n) is 3.25. The fraction of sp³-hybridized carbons (Fsp3) is 0.400. The van der Waals surface area contributed by atoms with Crippen molar-refractivity contribution in [1.82, 2.24) is 0 Å². The molecule has 12 heavy (non-hydrogen) atoms. The summed E-state index contributed by atoms with van der Waals surface area (Å²) >= 11 is 3.58. The van der Waals surface area contributed by atoms with E-state index in [9.17, 15) is 0 Å². The van der Waals surface area contributed by atoms with Crippen molar-refractivity contribution in [2.75, 3.05) is 11.9 Å². The fourth-order valence-electron chi connectivity index (χ4n) is 1.71. The zero-order chi connectivity index (χ0) is 8.55. The van der Waals surface area contributed by atoms with Gasteiger partial charge in [-0.05, 0) is 37.0 Å². The van der Waals surface area contributed by atoms with E-state index in [-0.39, 0.29) is 0 Å². The summed E-state index contributed by atoms with van der Waals surface area (Å²) in [6.07, 6.45) is 2.44. The minimum atomic E-state index is 1.12. The van der Waals surface area contributed by atoms with Crippen LogP contribution in [-0.4, -0.2) is 6.54 Å². The van der Waals surface area contributed by atoms with Gasteiger partial charge in [0, 0.05) is 16.7 Å². The van der Waals surface area contributed by atoms with Crippen molar-refractivity contribution in [3.8, 4) is 0 Å². The molecule has 0 atom stereocenters. The van der Waals surface area contributed by atoms with Crippen molar-refractivity contribution < 1.29 is 0 Å². The maximum absolute atomic E-state index is 3.58. The molecule has 2 rings (SSSR count). The second kappa shape index (κ2) is 3.09. The zero-order valence-corrected chi connectivity index (χ0v) is 8.74. The van der Waals surface area contributed by atoms with Crippen molar-refractivity contribution in [2.24, 2.45) is 0 Å². The molecule has 1 N–H and O–H groups in total. The van der Waals surface area contributed by atoms with E-state index in [1.54, 1.807) is 0 Å². The number of hydrogen-bond donors (Lipinski definition) is 1. The van der Waals surface area contributed by atoms with E-state index in [0.717, 1.165) is 6.54 Å². The molecule has 1 aliphatic heterocycles. The lowest BCUT2D eigenvalue weighted by molar-refractivity contribution is 0.824. The monoisotopic (exact) mass is 225 g/mol. The first kappa shape index (κ1) is 8.11. The van der Waals surface area contributed by atoms with E-state index in [0.29, 0.717) is 0 Å². The molecule has 0 aliphatic carbocycles. The van der Waals surface area contributed by atoms with Crippen LogP contribution in [0.3, 0.4) is 0 Å². The van der Waals surface area contributed by atoms with Gasteiger partial charge in [0.1, 0.15) is 0 Å². The van der Waals surface area contributed by atoms with E-state index in [1.165, 1.54) is 34.1 Å². The molecule has 2 heteroatoms. The molecule has 0 fully saturated rings. The van der Waals surface area contributed by atoms with Crippen LogP contribution in [0, 0.1) is 6.92 Å². The first-order chi connectivity index (χ1) is 5.79. The van der Waals surface area contributed by atoms with E-state index in [1.807, 2.05) is 0 Å². The maximum Gasteiger partial charge on any atom is 0.0413 e. The second-order valence-corrected chi connectivity index (χ2v) is 4.10. The number of rotatable bonds is 0. The van der Waals surface area contributed by atoms with Gasteiger partial charge in [-0.25, -0.2) is 0 Å². The van der Waals surface area contributed by atoms with Crippen LogP contribution in [0.4, 0.5) is 5.69 Å². The van der Waals surface area contributed by atoms with Crippen molar-refractivity contribution in [2.45, 2.75) is 19.8 Å². The fourth-order valence-corrected chi connectivity index (χ4v) is 2.24. The van der Waals surface area contributed by atoms with Gasteiger partial charge in [0.2, 0.25) is 0 Å². The number of anilines is 1. The molecule has 0 spiro atoms. The lowest BCUT2D eigenvalue weighted by atomic mass is 10.0. The number of aryl methyl sites for hydroxylation is 1. The summed E-state index contributed by atoms with van der Waals surface area (Å²) in [6, 6.07) is 4.29. The Bertz CT molecular complexity index is 276. The Morgan fingerprint density at radius 1 is 1.42 bits per heavy atom. The minimum Gasteiger partial charge on any atom is -0.385 e. The molecule has 0 aromatic heterocycles. The molecule has 64 valence electrons. The number of fused-ring (bicyclic) bond motifs is 1. The lowest BCUT2D eigenvalue weighted by Crippen LogP contribution is -2.13. The normalized spacial score (nSPS) is 15.2. The van der Waals surface area contributed by atoms with E-state index >= 15 is 0 Å². The van der Waals surface area contributed by atoms with Crippen molar-refractivity contribution in [3.05, 3.63) is 27.7 Å². The molecular formula is C10H12BrN. The first-order valence-corrected chi connectivity index (χ1v) is 5.10. The highest BCUT2D eigenvalue weighted by Crippen LogP contribution is 2.31. The number of hydrogen-bond acceptors (Lipinski definition) is 1. The van der Waals surface area contributed by atoms with E-state index < -0.39 is 0 Å². The van der Waals surface area contributed by atoms with Gasteiger partial charge in [-0.2, -0.15) is 0 Å². The Labute approximate surface area is 81.3 Å². The number of halogens is 1. The molecular weight excluding hydrogens is 214 g/mol. The first-order valence-electron chi connectivity index (χ1n) is 4.31. The van der Waals surface area contributed by atoms with E-state index in [4.69, 9.17) is 0 Å². The van der Waals surface area contributed by atoms with Gasteiger partial charge in [0.15, 0.2) is 0 Å². The summed E-state index contributed by atoms with van der Waals surface area (Å²) in [4.78, 5) is 0. The summed E-state index contributed by atoms with van der Waals surface area (Å²) in [6.45, 7) is 3.27. The van der Waals surface area contributed by atoms with Gasteiger partial charge in [-0.1, -0.05) is 22.0 Å². The Morgan fingerprint density at radius 3 is 3.00 bits per heavy atom. The predicted octanol–water partition coefficient (Wildman–Crippen LogP) is 3.12. The molecule has 0 unspecified atom stereocenters. The van der Waals surface area contributed by atoms with Crippen LogP contribution in [0.1, 0.15) is 17.5 Å². The van der Waals surface area contributed by atoms with Gasteiger partial charge >= 0.3 is 0 Å². The number of benzene rings is 1. The summed E-state index contributed by atoms with van der Waals surface area (Å²) in [5, 5.41) is 3.44. The molecule has 1 aliphatic rings. The van der Waals surface area contributed by atoms with Crippen LogP contribution < -0.4 is 5.32 Å². The standard InChI is InChI=1S/C10H12BrN/c1-7-4-5-9(11)8-3-2-6-12-10(7)8/h4-5,12H,2-3,6H2,1H3. The van der Waals surface area contributed by atoms with Gasteiger partial charge in [0.25, 0.3) is 0 Å². The van der Waals surface area contributed by atoms with Gasteiger partial charge in [-0.15, -0.1) is 0 Å². The highest BCUT2D eigenvalue weighted by atomic mass is 79.9. The molecule has 0 bridgehead atoms. The Kier molecular flexibility index (Phi) is 2.09. The van der Waals surface area contributed by atoms with Crippen LogP contribution in [-0.2, 0) is 6.42 Å². The average Bonchev–Trinajstić information content (AvgIpc) is 2.12. The Hall–Kier alpha value is -0.500. The van der Waals surface area contributed by atoms with Gasteiger partial charge < -0.3 is 5.32 Å². The van der Waals surface area contributed by atoms with Crippen molar-refractivity contribution in [3.63, 3.8) is 0 Å². The third-order valence-electron chi connectivity index (χ3n) is 2.37. The molecule has 0 amide bonds. The number of nitrogens with one attached hydrogen (secondary N) is 1. The molecule has 0 saturated carbocycles. The predicted molar refractivity (Wildman–Crippen MR) is 55.7 cm³/mol. The highest BCUT2D eigenvalue weighted by Gasteiger charge is 2.12. The van der Waals surface area contributed by atoms with Crippen molar-refractivity contribution >= 4 is 21.6 Å². The topological polar surface area (TPSA) is 12.0 Å². The van der Waals surface area contributed by atoms with E-state index in [2.05, 4.69) is 40.3 Å². The van der Waals surface area contributed by atoms with Crippen molar-refractivity contribution in [1.29, 1.82) is 0 Å². The third kappa shape index (κ3) is 1.24. The average molecular weight is 226 g/mol. The molecule has 0 radical (unpaired) electrons. The molecule has 1 aromatic carbocycles. The summed E-state index contributed by atoms with van der Waals surface area (Å²) in [7, 11) is 0. The SMILES string of the molecule is Cc1ccc(Br)c2c1NCCC2. The smallest absolute Gasteiger partial charge is 0.0413 e. The maximum atomic E-state index is 3.58. The Balaban J connectivity index is 2.57. The van der Waals surface area contributed by atoms with Crippen LogP contribution >= 0.6 is 15.9 Å².